The molecule has 4 nitrogen and oxygen atoms in total. The van der Waals surface area contributed by atoms with Crippen LogP contribution in [-0.2, 0) is 4.79 Å². The first-order valence-corrected chi connectivity index (χ1v) is 9.56. The number of Topliss-reactive ketones (excluding diaryl/α,β-unsaturated/α-hetero) is 1. The molecule has 0 radical (unpaired) electrons. The monoisotopic (exact) mass is 315 g/mol. The van der Waals surface area contributed by atoms with Crippen molar-refractivity contribution in [2.45, 2.75) is 77.7 Å². The second-order valence-electron chi connectivity index (χ2n) is 9.21. The van der Waals surface area contributed by atoms with Gasteiger partial charge < -0.3 is 0 Å². The van der Waals surface area contributed by atoms with Crippen LogP contribution in [-0.4, -0.2) is 11.8 Å². The molecule has 0 amide bonds. The lowest BCUT2D eigenvalue weighted by Crippen LogP contribution is -2.53. The van der Waals surface area contributed by atoms with E-state index in [-0.39, 0.29) is 11.5 Å². The number of azide groups is 1. The number of hydrogen-bond acceptors (Lipinski definition) is 2. The Morgan fingerprint density at radius 2 is 1.91 bits per heavy atom. The highest BCUT2D eigenvalue weighted by Gasteiger charge is 2.60. The van der Waals surface area contributed by atoms with E-state index in [0.717, 1.165) is 49.9 Å². The zero-order valence-corrected chi connectivity index (χ0v) is 14.5. The number of nitrogens with zero attached hydrogens (tertiary/aromatic N) is 3. The van der Waals surface area contributed by atoms with Crippen LogP contribution in [0.3, 0.4) is 0 Å². The molecule has 0 spiro atoms. The van der Waals surface area contributed by atoms with Crippen molar-refractivity contribution in [2.24, 2.45) is 39.6 Å². The molecule has 23 heavy (non-hydrogen) atoms. The summed E-state index contributed by atoms with van der Waals surface area (Å²) in [6.07, 6.45) is 10.2. The summed E-state index contributed by atoms with van der Waals surface area (Å²) in [5.41, 5.74) is 9.16. The number of fused-ring (bicyclic) bond motifs is 5. The third-order valence-corrected chi connectivity index (χ3v) is 8.56. The zero-order valence-electron chi connectivity index (χ0n) is 14.5. The Bertz CT molecular complexity index is 569. The number of carbonyl (C=O) groups excluding carboxylic acids is 1. The second kappa shape index (κ2) is 5.24. The predicted molar refractivity (Wildman–Crippen MR) is 89.7 cm³/mol. The predicted octanol–water partition coefficient (Wildman–Crippen LogP) is 5.28. The van der Waals surface area contributed by atoms with Crippen LogP contribution in [0, 0.1) is 34.5 Å². The topological polar surface area (TPSA) is 65.8 Å². The number of carbonyl (C=O) groups is 1. The molecule has 0 heterocycles. The van der Waals surface area contributed by atoms with Crippen molar-refractivity contribution in [3.63, 3.8) is 0 Å². The highest BCUT2D eigenvalue weighted by Crippen LogP contribution is 2.65. The fraction of sp³-hybridized carbons (Fsp3) is 0.947. The summed E-state index contributed by atoms with van der Waals surface area (Å²) >= 11 is 0. The fourth-order valence-electron chi connectivity index (χ4n) is 7.18. The molecule has 0 saturated heterocycles. The van der Waals surface area contributed by atoms with Crippen molar-refractivity contribution in [1.82, 2.24) is 0 Å². The van der Waals surface area contributed by atoms with Gasteiger partial charge in [0.1, 0.15) is 5.78 Å². The molecule has 4 aliphatic carbocycles. The van der Waals surface area contributed by atoms with E-state index < -0.39 is 0 Å². The van der Waals surface area contributed by atoms with E-state index in [2.05, 4.69) is 23.9 Å². The lowest BCUT2D eigenvalue weighted by molar-refractivity contribution is -0.139. The molecule has 0 bridgehead atoms. The largest absolute Gasteiger partial charge is 0.299 e. The van der Waals surface area contributed by atoms with Gasteiger partial charge in [-0.25, -0.2) is 0 Å². The molecule has 4 fully saturated rings. The van der Waals surface area contributed by atoms with Gasteiger partial charge in [-0.1, -0.05) is 19.0 Å². The maximum absolute atomic E-state index is 12.4. The van der Waals surface area contributed by atoms with Crippen molar-refractivity contribution in [1.29, 1.82) is 0 Å². The average molecular weight is 315 g/mol. The third-order valence-electron chi connectivity index (χ3n) is 8.56. The van der Waals surface area contributed by atoms with E-state index in [0.29, 0.717) is 17.1 Å². The van der Waals surface area contributed by atoms with Crippen LogP contribution in [0.5, 0.6) is 0 Å². The minimum Gasteiger partial charge on any atom is -0.299 e. The summed E-state index contributed by atoms with van der Waals surface area (Å²) in [5, 5.41) is 4.02. The van der Waals surface area contributed by atoms with Crippen molar-refractivity contribution >= 4 is 5.78 Å². The zero-order chi connectivity index (χ0) is 16.2. The van der Waals surface area contributed by atoms with Crippen LogP contribution in [0.15, 0.2) is 5.11 Å². The highest BCUT2D eigenvalue weighted by atomic mass is 16.1. The molecule has 4 rings (SSSR count). The van der Waals surface area contributed by atoms with Crippen molar-refractivity contribution in [3.8, 4) is 0 Å². The first-order valence-electron chi connectivity index (χ1n) is 9.56. The second-order valence-corrected chi connectivity index (χ2v) is 9.21. The Morgan fingerprint density at radius 1 is 1.09 bits per heavy atom. The molecule has 4 heteroatoms. The third kappa shape index (κ3) is 2.10. The van der Waals surface area contributed by atoms with Gasteiger partial charge in [0.25, 0.3) is 0 Å². The normalized spacial score (nSPS) is 52.1. The Hall–Kier alpha value is -1.02. The van der Waals surface area contributed by atoms with E-state index >= 15 is 0 Å². The molecule has 126 valence electrons. The Balaban J connectivity index is 1.59. The molecular weight excluding hydrogens is 286 g/mol. The van der Waals surface area contributed by atoms with E-state index in [4.69, 9.17) is 5.53 Å². The van der Waals surface area contributed by atoms with Crippen LogP contribution in [0.4, 0.5) is 0 Å². The molecule has 4 saturated carbocycles. The minimum atomic E-state index is -0.00727. The molecule has 7 atom stereocenters. The van der Waals surface area contributed by atoms with Gasteiger partial charge in [-0.2, -0.15) is 0 Å². The van der Waals surface area contributed by atoms with Crippen LogP contribution in [0.1, 0.15) is 71.6 Å². The first-order chi connectivity index (χ1) is 11.0. The maximum atomic E-state index is 12.4. The summed E-state index contributed by atoms with van der Waals surface area (Å²) in [6.45, 7) is 4.77. The molecule has 0 aromatic rings. The number of rotatable bonds is 1. The molecular formula is C19H29N3O. The van der Waals surface area contributed by atoms with Crippen LogP contribution in [0.25, 0.3) is 10.4 Å². The number of hydrogen-bond donors (Lipinski definition) is 0. The highest BCUT2D eigenvalue weighted by molar-refractivity contribution is 5.87. The van der Waals surface area contributed by atoms with Gasteiger partial charge in [-0.05, 0) is 86.0 Å². The molecule has 0 aliphatic heterocycles. The first kappa shape index (κ1) is 15.5. The van der Waals surface area contributed by atoms with E-state index in [1.807, 2.05) is 0 Å². The Labute approximate surface area is 139 Å². The molecule has 0 aromatic heterocycles. The number of ketones is 1. The van der Waals surface area contributed by atoms with Gasteiger partial charge in [0.2, 0.25) is 0 Å². The van der Waals surface area contributed by atoms with Gasteiger partial charge in [-0.15, -0.1) is 0 Å². The van der Waals surface area contributed by atoms with Crippen molar-refractivity contribution in [2.75, 3.05) is 0 Å². The summed E-state index contributed by atoms with van der Waals surface area (Å²) in [7, 11) is 0. The summed E-state index contributed by atoms with van der Waals surface area (Å²) < 4.78 is 0. The van der Waals surface area contributed by atoms with E-state index in [1.165, 1.54) is 25.7 Å². The van der Waals surface area contributed by atoms with Crippen molar-refractivity contribution < 1.29 is 4.79 Å². The van der Waals surface area contributed by atoms with Gasteiger partial charge in [0.15, 0.2) is 0 Å². The quantitative estimate of drug-likeness (QED) is 0.369. The fourth-order valence-corrected chi connectivity index (χ4v) is 7.18. The Morgan fingerprint density at radius 3 is 2.70 bits per heavy atom. The van der Waals surface area contributed by atoms with Gasteiger partial charge in [0.05, 0.1) is 0 Å². The Kier molecular flexibility index (Phi) is 3.53. The molecule has 0 unspecified atom stereocenters. The standard InChI is InChI=1S/C19H29N3O/c1-18-9-7-13(21-22-20)11-12(18)3-4-14-15-5-6-17(23)19(15,2)10-8-16(14)18/h12-16H,3-11H2,1-2H3/t12-,13-,14+,15+,16-,18-,19-/m0/s1. The van der Waals surface area contributed by atoms with Gasteiger partial charge >= 0.3 is 0 Å². The lowest BCUT2D eigenvalue weighted by atomic mass is 9.45. The lowest BCUT2D eigenvalue weighted by Gasteiger charge is -2.60. The van der Waals surface area contributed by atoms with Gasteiger partial charge in [-0.3, -0.25) is 4.79 Å². The average Bonchev–Trinajstić information content (AvgIpc) is 2.84. The smallest absolute Gasteiger partial charge is 0.139 e. The van der Waals surface area contributed by atoms with Gasteiger partial charge in [0, 0.05) is 22.8 Å². The van der Waals surface area contributed by atoms with Crippen LogP contribution in [0.2, 0.25) is 0 Å². The van der Waals surface area contributed by atoms with E-state index in [9.17, 15) is 4.79 Å². The molecule has 0 aromatic carbocycles. The van der Waals surface area contributed by atoms with Crippen LogP contribution >= 0.6 is 0 Å². The van der Waals surface area contributed by atoms with E-state index in [1.54, 1.807) is 0 Å². The summed E-state index contributed by atoms with van der Waals surface area (Å²) in [5.74, 6) is 3.45. The summed E-state index contributed by atoms with van der Waals surface area (Å²) in [6, 6.07) is 0.219. The minimum absolute atomic E-state index is 0.00727. The SMILES string of the molecule is C[C@]12CC[C@H](N=[N+]=[N-])C[C@@H]1CC[C@@H]1[C@H]3CCC(=O)[C@@]3(C)CC[C@@H]12. The molecule has 0 N–H and O–H groups in total. The maximum Gasteiger partial charge on any atom is 0.139 e. The molecule has 4 aliphatic rings. The van der Waals surface area contributed by atoms with Crippen molar-refractivity contribution in [3.05, 3.63) is 10.4 Å². The summed E-state index contributed by atoms with van der Waals surface area (Å²) in [4.78, 5) is 15.5. The van der Waals surface area contributed by atoms with Crippen LogP contribution < -0.4 is 0 Å².